The Hall–Kier alpha value is -1.89. The molecule has 0 radical (unpaired) electrons. The molecular formula is C9H11ClN6O. The first-order valence-electron chi connectivity index (χ1n) is 4.92. The number of aryl methyl sites for hydroxylation is 1. The Morgan fingerprint density at radius 1 is 1.41 bits per heavy atom. The lowest BCUT2D eigenvalue weighted by Gasteiger charge is -2.06. The molecule has 0 spiro atoms. The first-order valence-corrected chi connectivity index (χ1v) is 5.30. The lowest BCUT2D eigenvalue weighted by molar-refractivity contribution is 0.379. The molecule has 2 rings (SSSR count). The van der Waals surface area contributed by atoms with Crippen molar-refractivity contribution in [1.82, 2.24) is 20.1 Å². The molecule has 7 nitrogen and oxygen atoms in total. The standard InChI is InChI=1S/C9H11ClN6O/c1-5-14-7(17-16-5)4-12-8-6(10)3-13-9(11-2)15-8/h3H,4H2,1-2H3,(H2,11,12,13,15). The van der Waals surface area contributed by atoms with E-state index < -0.39 is 0 Å². The molecule has 0 unspecified atom stereocenters. The number of halogens is 1. The van der Waals surface area contributed by atoms with Crippen molar-refractivity contribution in [2.24, 2.45) is 0 Å². The van der Waals surface area contributed by atoms with Crippen LogP contribution in [0.15, 0.2) is 10.7 Å². The predicted octanol–water partition coefficient (Wildman–Crippen LogP) is 1.48. The predicted molar refractivity (Wildman–Crippen MR) is 63.0 cm³/mol. The lowest BCUT2D eigenvalue weighted by atomic mass is 10.5. The normalized spacial score (nSPS) is 10.3. The largest absolute Gasteiger partial charge is 0.360 e. The van der Waals surface area contributed by atoms with E-state index in [-0.39, 0.29) is 0 Å². The highest BCUT2D eigenvalue weighted by Gasteiger charge is 2.07. The minimum atomic E-state index is 0.362. The number of rotatable bonds is 4. The zero-order chi connectivity index (χ0) is 12.3. The van der Waals surface area contributed by atoms with E-state index in [0.29, 0.717) is 35.0 Å². The van der Waals surface area contributed by atoms with Crippen LogP contribution >= 0.6 is 11.6 Å². The average molecular weight is 255 g/mol. The monoisotopic (exact) mass is 254 g/mol. The third kappa shape index (κ3) is 2.82. The highest BCUT2D eigenvalue weighted by Crippen LogP contribution is 2.19. The van der Waals surface area contributed by atoms with E-state index in [0.717, 1.165) is 0 Å². The first-order chi connectivity index (χ1) is 8.19. The van der Waals surface area contributed by atoms with Gasteiger partial charge in [0.05, 0.1) is 12.7 Å². The Kier molecular flexibility index (Phi) is 3.38. The van der Waals surface area contributed by atoms with Gasteiger partial charge in [0.1, 0.15) is 5.02 Å². The molecule has 2 heterocycles. The number of nitrogens with one attached hydrogen (secondary N) is 2. The van der Waals surface area contributed by atoms with Crippen LogP contribution in [-0.4, -0.2) is 27.2 Å². The first kappa shape index (κ1) is 11.6. The van der Waals surface area contributed by atoms with Gasteiger partial charge in [-0.3, -0.25) is 0 Å². The molecule has 0 amide bonds. The second-order valence-corrected chi connectivity index (χ2v) is 3.64. The summed E-state index contributed by atoms with van der Waals surface area (Å²) < 4.78 is 4.96. The number of anilines is 2. The maximum absolute atomic E-state index is 5.94. The summed E-state index contributed by atoms with van der Waals surface area (Å²) in [7, 11) is 1.73. The molecular weight excluding hydrogens is 244 g/mol. The summed E-state index contributed by atoms with van der Waals surface area (Å²) in [6, 6.07) is 0. The Morgan fingerprint density at radius 2 is 2.24 bits per heavy atom. The van der Waals surface area contributed by atoms with Crippen LogP contribution in [0.2, 0.25) is 5.02 Å². The molecule has 0 atom stereocenters. The van der Waals surface area contributed by atoms with Gasteiger partial charge in [0.15, 0.2) is 11.6 Å². The Balaban J connectivity index is 2.07. The molecule has 2 N–H and O–H groups in total. The van der Waals surface area contributed by atoms with E-state index >= 15 is 0 Å². The van der Waals surface area contributed by atoms with Gasteiger partial charge >= 0.3 is 0 Å². The SMILES string of the molecule is CNc1ncc(Cl)c(NCc2nc(C)no2)n1. The molecule has 0 aliphatic heterocycles. The molecule has 8 heteroatoms. The summed E-state index contributed by atoms with van der Waals surface area (Å²) in [6.45, 7) is 2.12. The molecule has 2 aromatic heterocycles. The van der Waals surface area contributed by atoms with Crippen LogP contribution in [-0.2, 0) is 6.54 Å². The van der Waals surface area contributed by atoms with Crippen LogP contribution in [0.4, 0.5) is 11.8 Å². The van der Waals surface area contributed by atoms with Gasteiger partial charge in [-0.15, -0.1) is 0 Å². The van der Waals surface area contributed by atoms with Crippen LogP contribution in [0, 0.1) is 6.92 Å². The number of hydrogen-bond acceptors (Lipinski definition) is 7. The van der Waals surface area contributed by atoms with Gasteiger partial charge in [0.2, 0.25) is 11.8 Å². The van der Waals surface area contributed by atoms with Crippen molar-refractivity contribution in [2.75, 3.05) is 17.7 Å². The molecule has 0 saturated heterocycles. The lowest BCUT2D eigenvalue weighted by Crippen LogP contribution is -2.05. The molecule has 0 bridgehead atoms. The smallest absolute Gasteiger partial charge is 0.245 e. The highest BCUT2D eigenvalue weighted by atomic mass is 35.5. The Morgan fingerprint density at radius 3 is 2.88 bits per heavy atom. The third-order valence-corrected chi connectivity index (χ3v) is 2.22. The van der Waals surface area contributed by atoms with Crippen molar-refractivity contribution in [3.63, 3.8) is 0 Å². The highest BCUT2D eigenvalue weighted by molar-refractivity contribution is 6.32. The zero-order valence-corrected chi connectivity index (χ0v) is 10.1. The molecule has 0 aromatic carbocycles. The molecule has 0 aliphatic rings. The van der Waals surface area contributed by atoms with Crippen molar-refractivity contribution >= 4 is 23.4 Å². The minimum absolute atomic E-state index is 0.362. The second-order valence-electron chi connectivity index (χ2n) is 3.23. The maximum Gasteiger partial charge on any atom is 0.245 e. The summed E-state index contributed by atoms with van der Waals surface area (Å²) in [5.41, 5.74) is 0. The van der Waals surface area contributed by atoms with Gasteiger partial charge < -0.3 is 15.2 Å². The van der Waals surface area contributed by atoms with E-state index in [1.165, 1.54) is 6.20 Å². The van der Waals surface area contributed by atoms with E-state index in [1.54, 1.807) is 14.0 Å². The molecule has 0 fully saturated rings. The van der Waals surface area contributed by atoms with Crippen molar-refractivity contribution in [1.29, 1.82) is 0 Å². The maximum atomic E-state index is 5.94. The fourth-order valence-corrected chi connectivity index (χ4v) is 1.34. The van der Waals surface area contributed by atoms with E-state index in [4.69, 9.17) is 16.1 Å². The summed E-state index contributed by atoms with van der Waals surface area (Å²) in [6.07, 6.45) is 1.52. The van der Waals surface area contributed by atoms with E-state index in [9.17, 15) is 0 Å². The van der Waals surface area contributed by atoms with Crippen LogP contribution in [0.1, 0.15) is 11.7 Å². The number of hydrogen-bond donors (Lipinski definition) is 2. The average Bonchev–Trinajstić information content (AvgIpc) is 2.74. The van der Waals surface area contributed by atoms with Gasteiger partial charge in [-0.1, -0.05) is 16.8 Å². The fourth-order valence-electron chi connectivity index (χ4n) is 1.18. The fraction of sp³-hybridized carbons (Fsp3) is 0.333. The van der Waals surface area contributed by atoms with Crippen molar-refractivity contribution < 1.29 is 4.52 Å². The van der Waals surface area contributed by atoms with Gasteiger partial charge in [-0.2, -0.15) is 9.97 Å². The van der Waals surface area contributed by atoms with Crippen LogP contribution < -0.4 is 10.6 Å². The minimum Gasteiger partial charge on any atom is -0.360 e. The van der Waals surface area contributed by atoms with Crippen molar-refractivity contribution in [3.05, 3.63) is 22.9 Å². The summed E-state index contributed by atoms with van der Waals surface area (Å²) in [5.74, 6) is 2.06. The quantitative estimate of drug-likeness (QED) is 0.854. The van der Waals surface area contributed by atoms with Gasteiger partial charge in [-0.25, -0.2) is 4.98 Å². The zero-order valence-electron chi connectivity index (χ0n) is 9.36. The summed E-state index contributed by atoms with van der Waals surface area (Å²) in [4.78, 5) is 12.2. The van der Waals surface area contributed by atoms with Crippen LogP contribution in [0.3, 0.4) is 0 Å². The molecule has 2 aromatic rings. The Labute approximate surface area is 103 Å². The molecule has 17 heavy (non-hydrogen) atoms. The van der Waals surface area contributed by atoms with Crippen LogP contribution in [0.5, 0.6) is 0 Å². The molecule has 0 aliphatic carbocycles. The third-order valence-electron chi connectivity index (χ3n) is 1.94. The van der Waals surface area contributed by atoms with Crippen molar-refractivity contribution in [3.8, 4) is 0 Å². The van der Waals surface area contributed by atoms with E-state index in [2.05, 4.69) is 30.7 Å². The van der Waals surface area contributed by atoms with Crippen molar-refractivity contribution in [2.45, 2.75) is 13.5 Å². The second kappa shape index (κ2) is 4.96. The van der Waals surface area contributed by atoms with Gasteiger partial charge in [-0.05, 0) is 6.92 Å². The van der Waals surface area contributed by atoms with Crippen LogP contribution in [0.25, 0.3) is 0 Å². The molecule has 0 saturated carbocycles. The van der Waals surface area contributed by atoms with Gasteiger partial charge in [0.25, 0.3) is 0 Å². The topological polar surface area (TPSA) is 88.8 Å². The summed E-state index contributed by atoms with van der Waals surface area (Å²) >= 11 is 5.94. The van der Waals surface area contributed by atoms with E-state index in [1.807, 2.05) is 0 Å². The number of aromatic nitrogens is 4. The summed E-state index contributed by atoms with van der Waals surface area (Å²) in [5, 5.41) is 9.93. The van der Waals surface area contributed by atoms with Gasteiger partial charge in [0, 0.05) is 7.05 Å². The molecule has 90 valence electrons. The number of nitrogens with zero attached hydrogens (tertiary/aromatic N) is 4. The Bertz CT molecular complexity index is 514.